The molecule has 2 aromatic rings. The van der Waals surface area contributed by atoms with E-state index in [0.717, 1.165) is 19.6 Å². The highest BCUT2D eigenvalue weighted by Crippen LogP contribution is 2.11. The summed E-state index contributed by atoms with van der Waals surface area (Å²) in [4.78, 5) is 32.8. The number of ether oxygens (including phenoxy) is 1. The number of pyridine rings is 1. The van der Waals surface area contributed by atoms with Crippen LogP contribution >= 0.6 is 0 Å². The number of piperazine rings is 1. The monoisotopic (exact) mass is 353 g/mol. The molecular formula is C20H23N3O3. The Labute approximate surface area is 153 Å². The number of amides is 1. The molecule has 0 radical (unpaired) electrons. The molecule has 0 bridgehead atoms. The van der Waals surface area contributed by atoms with Gasteiger partial charge in [-0.15, -0.1) is 0 Å². The van der Waals surface area contributed by atoms with Crippen molar-refractivity contribution >= 4 is 11.9 Å². The van der Waals surface area contributed by atoms with Gasteiger partial charge in [0, 0.05) is 32.7 Å². The van der Waals surface area contributed by atoms with Crippen LogP contribution in [0.4, 0.5) is 0 Å². The molecule has 1 fully saturated rings. The Kier molecular flexibility index (Phi) is 5.96. The van der Waals surface area contributed by atoms with Gasteiger partial charge in [-0.1, -0.05) is 36.4 Å². The second-order valence-electron chi connectivity index (χ2n) is 6.18. The molecule has 1 amide bonds. The highest BCUT2D eigenvalue weighted by molar-refractivity contribution is 5.94. The lowest BCUT2D eigenvalue weighted by Gasteiger charge is -2.34. The van der Waals surface area contributed by atoms with Gasteiger partial charge in [0.25, 0.3) is 5.91 Å². The van der Waals surface area contributed by atoms with E-state index in [0.29, 0.717) is 13.1 Å². The van der Waals surface area contributed by atoms with Gasteiger partial charge in [0.1, 0.15) is 11.4 Å². The third kappa shape index (κ3) is 4.46. The second-order valence-corrected chi connectivity index (χ2v) is 6.18. The fourth-order valence-corrected chi connectivity index (χ4v) is 2.99. The van der Waals surface area contributed by atoms with E-state index in [9.17, 15) is 9.59 Å². The van der Waals surface area contributed by atoms with Crippen molar-refractivity contribution in [3.05, 3.63) is 65.5 Å². The maximum atomic E-state index is 12.7. The molecule has 1 aromatic carbocycles. The van der Waals surface area contributed by atoms with Crippen LogP contribution in [0.15, 0.2) is 48.5 Å². The minimum Gasteiger partial charge on any atom is -0.461 e. The Bertz CT molecular complexity index is 756. The zero-order valence-corrected chi connectivity index (χ0v) is 14.9. The summed E-state index contributed by atoms with van der Waals surface area (Å²) in [7, 11) is 0. The summed E-state index contributed by atoms with van der Waals surface area (Å²) in [6.45, 7) is 5.84. The van der Waals surface area contributed by atoms with Crippen molar-refractivity contribution in [2.75, 3.05) is 32.8 Å². The average Bonchev–Trinajstić information content (AvgIpc) is 2.69. The van der Waals surface area contributed by atoms with Gasteiger partial charge in [0.15, 0.2) is 0 Å². The first-order valence-electron chi connectivity index (χ1n) is 8.87. The summed E-state index contributed by atoms with van der Waals surface area (Å²) < 4.78 is 4.95. The summed E-state index contributed by atoms with van der Waals surface area (Å²) in [6.07, 6.45) is 0. The summed E-state index contributed by atoms with van der Waals surface area (Å²) in [5.74, 6) is -0.648. The van der Waals surface area contributed by atoms with Crippen molar-refractivity contribution < 1.29 is 14.3 Å². The smallest absolute Gasteiger partial charge is 0.356 e. The first-order valence-corrected chi connectivity index (χ1v) is 8.87. The molecule has 0 aliphatic carbocycles. The van der Waals surface area contributed by atoms with Crippen LogP contribution in [0.5, 0.6) is 0 Å². The number of aromatic nitrogens is 1. The molecular weight excluding hydrogens is 330 g/mol. The molecule has 6 heteroatoms. The third-order valence-corrected chi connectivity index (χ3v) is 4.36. The Morgan fingerprint density at radius 1 is 0.962 bits per heavy atom. The van der Waals surface area contributed by atoms with Crippen LogP contribution in [0.3, 0.4) is 0 Å². The molecule has 1 aliphatic rings. The Hall–Kier alpha value is -2.73. The standard InChI is InChI=1S/C20H23N3O3/c1-2-26-20(25)18-10-6-9-17(21-18)19(24)23-13-11-22(12-14-23)15-16-7-4-3-5-8-16/h3-10H,2,11-15H2,1H3. The van der Waals surface area contributed by atoms with Crippen LogP contribution in [0, 0.1) is 0 Å². The van der Waals surface area contributed by atoms with Crippen LogP contribution in [0.25, 0.3) is 0 Å². The molecule has 1 saturated heterocycles. The number of hydrogen-bond donors (Lipinski definition) is 0. The minimum atomic E-state index is -0.505. The summed E-state index contributed by atoms with van der Waals surface area (Å²) >= 11 is 0. The van der Waals surface area contributed by atoms with Gasteiger partial charge in [-0.05, 0) is 24.6 Å². The molecule has 136 valence electrons. The van der Waals surface area contributed by atoms with Gasteiger partial charge in [0.2, 0.25) is 0 Å². The number of nitrogens with zero attached hydrogens (tertiary/aromatic N) is 3. The van der Waals surface area contributed by atoms with Crippen molar-refractivity contribution in [2.24, 2.45) is 0 Å². The van der Waals surface area contributed by atoms with E-state index in [1.807, 2.05) is 18.2 Å². The lowest BCUT2D eigenvalue weighted by Crippen LogP contribution is -2.48. The number of rotatable bonds is 5. The first kappa shape index (κ1) is 18.1. The van der Waals surface area contributed by atoms with Crippen LogP contribution < -0.4 is 0 Å². The van der Waals surface area contributed by atoms with E-state index in [-0.39, 0.29) is 23.9 Å². The van der Waals surface area contributed by atoms with E-state index >= 15 is 0 Å². The van der Waals surface area contributed by atoms with Crippen LogP contribution in [-0.2, 0) is 11.3 Å². The van der Waals surface area contributed by atoms with Crippen molar-refractivity contribution in [2.45, 2.75) is 13.5 Å². The molecule has 1 aliphatic heterocycles. The Morgan fingerprint density at radius 2 is 1.65 bits per heavy atom. The lowest BCUT2D eigenvalue weighted by molar-refractivity contribution is 0.0519. The number of benzene rings is 1. The van der Waals surface area contributed by atoms with Gasteiger partial charge >= 0.3 is 5.97 Å². The number of hydrogen-bond acceptors (Lipinski definition) is 5. The Morgan fingerprint density at radius 3 is 2.35 bits per heavy atom. The highest BCUT2D eigenvalue weighted by atomic mass is 16.5. The molecule has 0 saturated carbocycles. The van der Waals surface area contributed by atoms with E-state index in [2.05, 4.69) is 22.0 Å². The SMILES string of the molecule is CCOC(=O)c1cccc(C(=O)N2CCN(Cc3ccccc3)CC2)n1. The lowest BCUT2D eigenvalue weighted by atomic mass is 10.2. The first-order chi connectivity index (χ1) is 12.7. The summed E-state index contributed by atoms with van der Waals surface area (Å²) in [6, 6.07) is 15.2. The zero-order chi connectivity index (χ0) is 18.4. The van der Waals surface area contributed by atoms with E-state index in [1.165, 1.54) is 5.56 Å². The second kappa shape index (κ2) is 8.58. The number of carbonyl (C=O) groups is 2. The molecule has 1 aromatic heterocycles. The molecule has 0 spiro atoms. The van der Waals surface area contributed by atoms with Gasteiger partial charge in [-0.25, -0.2) is 9.78 Å². The molecule has 26 heavy (non-hydrogen) atoms. The summed E-state index contributed by atoms with van der Waals surface area (Å²) in [5.41, 5.74) is 1.73. The molecule has 0 N–H and O–H groups in total. The Balaban J connectivity index is 1.58. The topological polar surface area (TPSA) is 62.7 Å². The fourth-order valence-electron chi connectivity index (χ4n) is 2.99. The predicted molar refractivity (Wildman–Crippen MR) is 97.8 cm³/mol. The maximum Gasteiger partial charge on any atom is 0.356 e. The van der Waals surface area contributed by atoms with Gasteiger partial charge < -0.3 is 9.64 Å². The van der Waals surface area contributed by atoms with Crippen LogP contribution in [-0.4, -0.2) is 59.4 Å². The van der Waals surface area contributed by atoms with Gasteiger partial charge in [-0.3, -0.25) is 9.69 Å². The maximum absolute atomic E-state index is 12.7. The number of esters is 1. The fraction of sp³-hybridized carbons (Fsp3) is 0.350. The van der Waals surface area contributed by atoms with Gasteiger partial charge in [0.05, 0.1) is 6.61 Å². The van der Waals surface area contributed by atoms with Crippen LogP contribution in [0.1, 0.15) is 33.5 Å². The third-order valence-electron chi connectivity index (χ3n) is 4.36. The molecule has 0 atom stereocenters. The molecule has 2 heterocycles. The van der Waals surface area contributed by atoms with Crippen molar-refractivity contribution in [3.63, 3.8) is 0 Å². The minimum absolute atomic E-state index is 0.143. The van der Waals surface area contributed by atoms with E-state index in [4.69, 9.17) is 4.74 Å². The van der Waals surface area contributed by atoms with E-state index < -0.39 is 5.97 Å². The largest absolute Gasteiger partial charge is 0.461 e. The molecule has 0 unspecified atom stereocenters. The van der Waals surface area contributed by atoms with Crippen molar-refractivity contribution in [1.29, 1.82) is 0 Å². The van der Waals surface area contributed by atoms with Crippen molar-refractivity contribution in [1.82, 2.24) is 14.8 Å². The predicted octanol–water partition coefficient (Wildman–Crippen LogP) is 2.22. The highest BCUT2D eigenvalue weighted by Gasteiger charge is 2.23. The zero-order valence-electron chi connectivity index (χ0n) is 14.9. The quantitative estimate of drug-likeness (QED) is 0.771. The van der Waals surface area contributed by atoms with Crippen LogP contribution in [0.2, 0.25) is 0 Å². The van der Waals surface area contributed by atoms with Crippen molar-refractivity contribution in [3.8, 4) is 0 Å². The van der Waals surface area contributed by atoms with Gasteiger partial charge in [-0.2, -0.15) is 0 Å². The van der Waals surface area contributed by atoms with E-state index in [1.54, 1.807) is 30.0 Å². The average molecular weight is 353 g/mol. The molecule has 3 rings (SSSR count). The normalized spacial score (nSPS) is 14.9. The summed E-state index contributed by atoms with van der Waals surface area (Å²) in [5, 5.41) is 0. The molecule has 6 nitrogen and oxygen atoms in total. The number of carbonyl (C=O) groups excluding carboxylic acids is 2.